The third-order valence-corrected chi connectivity index (χ3v) is 13.9. The molecule has 8 aromatic rings. The van der Waals surface area contributed by atoms with Gasteiger partial charge in [-0.3, -0.25) is 9.59 Å². The van der Waals surface area contributed by atoms with Crippen LogP contribution >= 0.6 is 0 Å². The van der Waals surface area contributed by atoms with E-state index in [2.05, 4.69) is 146 Å². The third-order valence-electron chi connectivity index (χ3n) is 13.9. The van der Waals surface area contributed by atoms with Crippen molar-refractivity contribution in [2.24, 2.45) is 0 Å². The number of Topliss-reactive ketones (excluding diaryl/α,β-unsaturated/α-hetero) is 2. The molecule has 0 heterocycles. The molecule has 10 rings (SSSR count). The quantitative estimate of drug-likeness (QED) is 0.0758. The Hall–Kier alpha value is -7.94. The summed E-state index contributed by atoms with van der Waals surface area (Å²) in [5.41, 5.74) is 17.8. The minimum Gasteiger partial charge on any atom is -0.289 e. The van der Waals surface area contributed by atoms with Gasteiger partial charge in [0.2, 0.25) is 0 Å². The molecule has 0 N–H and O–H groups in total. The Morgan fingerprint density at radius 1 is 0.186 bits per heavy atom. The highest BCUT2D eigenvalue weighted by Gasteiger charge is 2.37. The number of aryl methyl sites for hydroxylation is 2. The van der Waals surface area contributed by atoms with Gasteiger partial charge in [0.25, 0.3) is 0 Å². The maximum atomic E-state index is 14.6. The molecule has 342 valence electrons. The van der Waals surface area contributed by atoms with Gasteiger partial charge in [-0.2, -0.15) is 0 Å². The molecule has 2 aliphatic carbocycles. The number of ketones is 2. The molecule has 0 saturated heterocycles. The van der Waals surface area contributed by atoms with Gasteiger partial charge in [-0.1, -0.05) is 269 Å². The number of unbranched alkanes of at least 4 members (excludes halogenated alkanes) is 7. The van der Waals surface area contributed by atoms with Crippen molar-refractivity contribution in [1.82, 2.24) is 0 Å². The zero-order valence-electron chi connectivity index (χ0n) is 39.8. The summed E-state index contributed by atoms with van der Waals surface area (Å²) in [6, 6.07) is 79.3. The topological polar surface area (TPSA) is 34.1 Å². The summed E-state index contributed by atoms with van der Waals surface area (Å²) in [5.74, 6) is 0.149. The first kappa shape index (κ1) is 45.8. The number of benzene rings is 8. The van der Waals surface area contributed by atoms with E-state index in [1.807, 2.05) is 84.9 Å². The number of hydrogen-bond acceptors (Lipinski definition) is 2. The normalized spacial score (nSPS) is 13.8. The molecular formula is C68H58O2. The Bertz CT molecular complexity index is 2970. The van der Waals surface area contributed by atoms with Gasteiger partial charge < -0.3 is 0 Å². The van der Waals surface area contributed by atoms with Gasteiger partial charge >= 0.3 is 0 Å². The van der Waals surface area contributed by atoms with Crippen molar-refractivity contribution >= 4 is 56.2 Å². The fourth-order valence-corrected chi connectivity index (χ4v) is 10.5. The summed E-state index contributed by atoms with van der Waals surface area (Å²) in [7, 11) is 0. The summed E-state index contributed by atoms with van der Waals surface area (Å²) >= 11 is 0. The van der Waals surface area contributed by atoms with Crippen molar-refractivity contribution in [1.29, 1.82) is 0 Å². The molecule has 0 spiro atoms. The third kappa shape index (κ3) is 9.96. The lowest BCUT2D eigenvalue weighted by molar-refractivity contribution is -0.109. The fraction of sp³-hybridized carbons (Fsp3) is 0.147. The lowest BCUT2D eigenvalue weighted by atomic mass is 9.88. The van der Waals surface area contributed by atoms with Gasteiger partial charge in [-0.05, 0) is 81.3 Å². The average Bonchev–Trinajstić information content (AvgIpc) is 3.91. The summed E-state index contributed by atoms with van der Waals surface area (Å²) < 4.78 is 0. The average molecular weight is 907 g/mol. The van der Waals surface area contributed by atoms with Crippen molar-refractivity contribution < 1.29 is 9.59 Å². The number of allylic oxidation sites excluding steroid dienone is 8. The molecule has 2 heteroatoms. The molecule has 70 heavy (non-hydrogen) atoms. The molecule has 0 saturated carbocycles. The minimum absolute atomic E-state index is 0.0743. The van der Waals surface area contributed by atoms with E-state index in [9.17, 15) is 9.59 Å². The van der Waals surface area contributed by atoms with E-state index < -0.39 is 0 Å². The molecule has 8 aromatic carbocycles. The highest BCUT2D eigenvalue weighted by Crippen LogP contribution is 2.51. The molecule has 0 unspecified atom stereocenters. The molecule has 2 nitrogen and oxygen atoms in total. The van der Waals surface area contributed by atoms with E-state index in [1.165, 1.54) is 62.5 Å². The second-order valence-electron chi connectivity index (χ2n) is 18.6. The van der Waals surface area contributed by atoms with E-state index in [1.54, 1.807) is 0 Å². The van der Waals surface area contributed by atoms with Gasteiger partial charge in [-0.25, -0.2) is 0 Å². The molecule has 0 fully saturated rings. The second kappa shape index (κ2) is 22.0. The van der Waals surface area contributed by atoms with E-state index in [4.69, 9.17) is 0 Å². The van der Waals surface area contributed by atoms with Crippen molar-refractivity contribution in [3.63, 3.8) is 0 Å². The molecule has 0 bridgehead atoms. The minimum atomic E-state index is 0.0743. The molecule has 2 aliphatic rings. The van der Waals surface area contributed by atoms with Crippen LogP contribution in [0.1, 0.15) is 107 Å². The van der Waals surface area contributed by atoms with Crippen LogP contribution in [0.4, 0.5) is 0 Å². The maximum Gasteiger partial charge on any atom is 0.195 e. The summed E-state index contributed by atoms with van der Waals surface area (Å²) in [5, 5.41) is 0. The number of hydrogen-bond donors (Lipinski definition) is 0. The first-order chi connectivity index (χ1) is 34.6. The van der Waals surface area contributed by atoms with Crippen LogP contribution in [-0.4, -0.2) is 11.6 Å². The Morgan fingerprint density at radius 3 is 0.600 bits per heavy atom. The predicted octanol–water partition coefficient (Wildman–Crippen LogP) is 16.8. The molecule has 0 aromatic heterocycles. The van der Waals surface area contributed by atoms with Gasteiger partial charge in [-0.15, -0.1) is 0 Å². The lowest BCUT2D eigenvalue weighted by Gasteiger charge is -2.14. The number of rotatable bonds is 19. The zero-order chi connectivity index (χ0) is 47.5. The van der Waals surface area contributed by atoms with E-state index in [0.29, 0.717) is 0 Å². The fourth-order valence-electron chi connectivity index (χ4n) is 10.5. The first-order valence-electron chi connectivity index (χ1n) is 25.2. The highest BCUT2D eigenvalue weighted by atomic mass is 16.1. The van der Waals surface area contributed by atoms with Crippen LogP contribution in [0.25, 0.3) is 44.6 Å². The van der Waals surface area contributed by atoms with Crippen LogP contribution in [0.2, 0.25) is 0 Å². The van der Waals surface area contributed by atoms with Gasteiger partial charge in [0.15, 0.2) is 11.6 Å². The molecule has 0 amide bonds. The van der Waals surface area contributed by atoms with Crippen LogP contribution in [0.5, 0.6) is 0 Å². The van der Waals surface area contributed by atoms with Crippen molar-refractivity contribution in [2.45, 2.75) is 64.2 Å². The Labute approximate surface area is 414 Å². The summed E-state index contributed by atoms with van der Waals surface area (Å²) in [6.45, 7) is 0. The lowest BCUT2D eigenvalue weighted by Crippen LogP contribution is -2.01. The van der Waals surface area contributed by atoms with Crippen molar-refractivity contribution in [3.8, 4) is 0 Å². The second-order valence-corrected chi connectivity index (χ2v) is 18.6. The Balaban J connectivity index is 0.732. The van der Waals surface area contributed by atoms with Crippen LogP contribution in [0, 0.1) is 0 Å². The van der Waals surface area contributed by atoms with E-state index in [-0.39, 0.29) is 11.6 Å². The van der Waals surface area contributed by atoms with Crippen LogP contribution in [0.15, 0.2) is 231 Å². The van der Waals surface area contributed by atoms with Crippen molar-refractivity contribution in [2.75, 3.05) is 0 Å². The van der Waals surface area contributed by atoms with Gasteiger partial charge in [0.05, 0.1) is 0 Å². The van der Waals surface area contributed by atoms with E-state index in [0.717, 1.165) is 102 Å². The van der Waals surface area contributed by atoms with Crippen molar-refractivity contribution in [3.05, 3.63) is 286 Å². The maximum absolute atomic E-state index is 14.6. The number of carbonyl (C=O) groups is 2. The smallest absolute Gasteiger partial charge is 0.195 e. The zero-order valence-corrected chi connectivity index (χ0v) is 39.8. The Kier molecular flexibility index (Phi) is 14.4. The molecule has 0 radical (unpaired) electrons. The molecule has 0 aliphatic heterocycles. The first-order valence-corrected chi connectivity index (χ1v) is 25.2. The van der Waals surface area contributed by atoms with E-state index >= 15 is 0 Å². The SMILES string of the molecule is O=C1C(c2ccccc2)=C(c2ccccc2)C(c2ccc(CCCCCCCCCCc3ccc(C4=C(c5ccccc5)C(=O)C(c5ccccc5)=C4c4ccccc4)cc3)cc2)=C1c1ccccc1. The van der Waals surface area contributed by atoms with Gasteiger partial charge in [0.1, 0.15) is 0 Å². The van der Waals surface area contributed by atoms with Crippen LogP contribution < -0.4 is 0 Å². The highest BCUT2D eigenvalue weighted by molar-refractivity contribution is 6.60. The molecular weight excluding hydrogens is 849 g/mol. The standard InChI is InChI=1S/C68H58O2/c69-67-63(53-33-19-9-20-34-53)59(51-29-15-7-16-30-51)61(65(67)55-37-23-11-24-38-55)57-45-41-49(42-46-57)27-13-5-3-1-2-4-6-14-28-50-43-47-58(48-44-50)62-60(52-31-17-8-18-32-52)64(54-35-21-10-22-36-54)68(70)66(62)56-39-25-12-26-40-56/h7-12,15-26,29-48H,1-6,13-14,27-28H2. The molecule has 0 atom stereocenters. The number of carbonyl (C=O) groups excluding carboxylic acids is 2. The monoisotopic (exact) mass is 906 g/mol. The predicted molar refractivity (Wildman–Crippen MR) is 293 cm³/mol. The largest absolute Gasteiger partial charge is 0.289 e. The van der Waals surface area contributed by atoms with Gasteiger partial charge in [0, 0.05) is 44.6 Å². The van der Waals surface area contributed by atoms with Crippen LogP contribution in [-0.2, 0) is 22.4 Å². The Morgan fingerprint density at radius 2 is 0.371 bits per heavy atom. The van der Waals surface area contributed by atoms with Crippen LogP contribution in [0.3, 0.4) is 0 Å². The summed E-state index contributed by atoms with van der Waals surface area (Å²) in [6.07, 6.45) is 12.0. The summed E-state index contributed by atoms with van der Waals surface area (Å²) in [4.78, 5) is 29.1.